The maximum Gasteiger partial charge on any atom is 0.353 e. The van der Waals surface area contributed by atoms with Crippen LogP contribution < -0.4 is 15.5 Å². The quantitative estimate of drug-likeness (QED) is 0.186. The van der Waals surface area contributed by atoms with Gasteiger partial charge < -0.3 is 10.1 Å². The number of aryl methyl sites for hydroxylation is 1. The number of nitrogens with one attached hydrogen (secondary N) is 2. The minimum absolute atomic E-state index is 0.281. The summed E-state index contributed by atoms with van der Waals surface area (Å²) in [4.78, 5) is 36.7. The standard InChI is InChI=1S/C21H16BrN3O4S/c1-13-11-15(22)8-9-16(13)24-19(26)20(27)25-23-12-14-5-2-3-6-17(14)29-21(28)18-7-4-10-30-18/h2-12H,1H3,(H,24,26)(H,25,27)/b23-12+. The number of anilines is 1. The van der Waals surface area contributed by atoms with Gasteiger partial charge in [-0.2, -0.15) is 5.10 Å². The third-order valence-corrected chi connectivity index (χ3v) is 5.20. The number of halogens is 1. The second-order valence-corrected chi connectivity index (χ2v) is 7.88. The highest BCUT2D eigenvalue weighted by Crippen LogP contribution is 2.20. The van der Waals surface area contributed by atoms with Gasteiger partial charge in [-0.3, -0.25) is 9.59 Å². The summed E-state index contributed by atoms with van der Waals surface area (Å²) < 4.78 is 6.25. The maximum atomic E-state index is 12.1. The van der Waals surface area contributed by atoms with Crippen molar-refractivity contribution in [1.29, 1.82) is 0 Å². The summed E-state index contributed by atoms with van der Waals surface area (Å²) in [7, 11) is 0. The van der Waals surface area contributed by atoms with Crippen LogP contribution >= 0.6 is 27.3 Å². The van der Waals surface area contributed by atoms with Crippen LogP contribution in [0.4, 0.5) is 5.69 Å². The number of hydrogen-bond donors (Lipinski definition) is 2. The lowest BCUT2D eigenvalue weighted by Gasteiger charge is -2.08. The Labute approximate surface area is 184 Å². The normalized spacial score (nSPS) is 10.6. The summed E-state index contributed by atoms with van der Waals surface area (Å²) in [6, 6.07) is 15.4. The fourth-order valence-electron chi connectivity index (χ4n) is 2.38. The molecule has 0 spiro atoms. The van der Waals surface area contributed by atoms with Crippen molar-refractivity contribution in [3.63, 3.8) is 0 Å². The predicted octanol–water partition coefficient (Wildman–Crippen LogP) is 4.13. The van der Waals surface area contributed by atoms with E-state index in [1.54, 1.807) is 53.9 Å². The van der Waals surface area contributed by atoms with Crippen molar-refractivity contribution < 1.29 is 19.1 Å². The first kappa shape index (κ1) is 21.4. The van der Waals surface area contributed by atoms with Gasteiger partial charge in [-0.15, -0.1) is 11.3 Å². The highest BCUT2D eigenvalue weighted by molar-refractivity contribution is 9.10. The molecule has 0 saturated carbocycles. The van der Waals surface area contributed by atoms with E-state index >= 15 is 0 Å². The molecule has 9 heteroatoms. The number of benzene rings is 2. The van der Waals surface area contributed by atoms with Crippen LogP contribution in [0.3, 0.4) is 0 Å². The number of hydrogen-bond acceptors (Lipinski definition) is 6. The van der Waals surface area contributed by atoms with Crippen LogP contribution in [0.2, 0.25) is 0 Å². The van der Waals surface area contributed by atoms with Crippen molar-refractivity contribution in [3.8, 4) is 5.75 Å². The van der Waals surface area contributed by atoms with Gasteiger partial charge in [0.05, 0.1) is 6.21 Å². The second kappa shape index (κ2) is 9.95. The topological polar surface area (TPSA) is 96.9 Å². The summed E-state index contributed by atoms with van der Waals surface area (Å²) in [5.74, 6) is -1.99. The van der Waals surface area contributed by atoms with E-state index < -0.39 is 17.8 Å². The molecule has 2 amide bonds. The second-order valence-electron chi connectivity index (χ2n) is 6.02. The Morgan fingerprint density at radius 2 is 1.87 bits per heavy atom. The first-order valence-electron chi connectivity index (χ1n) is 8.69. The number of carbonyl (C=O) groups excluding carboxylic acids is 3. The number of hydrazone groups is 1. The van der Waals surface area contributed by atoms with E-state index in [9.17, 15) is 14.4 Å². The fourth-order valence-corrected chi connectivity index (χ4v) is 3.46. The lowest BCUT2D eigenvalue weighted by molar-refractivity contribution is -0.136. The molecule has 2 N–H and O–H groups in total. The van der Waals surface area contributed by atoms with Crippen LogP contribution in [-0.2, 0) is 9.59 Å². The summed E-state index contributed by atoms with van der Waals surface area (Å²) in [6.07, 6.45) is 1.30. The van der Waals surface area contributed by atoms with Crippen LogP contribution in [-0.4, -0.2) is 24.0 Å². The molecule has 7 nitrogen and oxygen atoms in total. The van der Waals surface area contributed by atoms with Gasteiger partial charge in [0.15, 0.2) is 0 Å². The van der Waals surface area contributed by atoms with E-state index in [4.69, 9.17) is 4.74 Å². The van der Waals surface area contributed by atoms with Crippen molar-refractivity contribution in [3.05, 3.63) is 80.5 Å². The van der Waals surface area contributed by atoms with Gasteiger partial charge >= 0.3 is 17.8 Å². The molecule has 0 saturated heterocycles. The summed E-state index contributed by atoms with van der Waals surface area (Å²) >= 11 is 4.61. The number of carbonyl (C=O) groups is 3. The highest BCUT2D eigenvalue weighted by atomic mass is 79.9. The van der Waals surface area contributed by atoms with Gasteiger partial charge in [-0.1, -0.05) is 34.1 Å². The van der Waals surface area contributed by atoms with Crippen molar-refractivity contribution in [2.24, 2.45) is 5.10 Å². The Morgan fingerprint density at radius 1 is 1.07 bits per heavy atom. The van der Waals surface area contributed by atoms with Crippen LogP contribution in [0.25, 0.3) is 0 Å². The molecular formula is C21H16BrN3O4S. The molecule has 1 heterocycles. The number of esters is 1. The zero-order valence-corrected chi connectivity index (χ0v) is 18.1. The smallest absolute Gasteiger partial charge is 0.353 e. The zero-order chi connectivity index (χ0) is 21.5. The molecule has 2 aromatic carbocycles. The minimum Gasteiger partial charge on any atom is -0.422 e. The Morgan fingerprint density at radius 3 is 2.60 bits per heavy atom. The van der Waals surface area contributed by atoms with Crippen molar-refractivity contribution in [2.45, 2.75) is 6.92 Å². The monoisotopic (exact) mass is 485 g/mol. The Bertz CT molecular complexity index is 1110. The first-order chi connectivity index (χ1) is 14.4. The molecule has 1 aromatic heterocycles. The van der Waals surface area contributed by atoms with E-state index in [2.05, 4.69) is 31.8 Å². The van der Waals surface area contributed by atoms with E-state index in [1.165, 1.54) is 17.6 Å². The molecule has 152 valence electrons. The number of para-hydroxylation sites is 1. The lowest BCUT2D eigenvalue weighted by Crippen LogP contribution is -2.32. The number of ether oxygens (including phenoxy) is 1. The van der Waals surface area contributed by atoms with E-state index in [0.29, 0.717) is 16.1 Å². The van der Waals surface area contributed by atoms with Gasteiger partial charge in [-0.25, -0.2) is 10.2 Å². The fraction of sp³-hybridized carbons (Fsp3) is 0.0476. The van der Waals surface area contributed by atoms with Crippen molar-refractivity contribution in [1.82, 2.24) is 5.43 Å². The molecule has 0 unspecified atom stereocenters. The summed E-state index contributed by atoms with van der Waals surface area (Å²) in [5, 5.41) is 8.09. The maximum absolute atomic E-state index is 12.1. The molecule has 3 rings (SSSR count). The van der Waals surface area contributed by atoms with Gasteiger partial charge in [0.1, 0.15) is 10.6 Å². The van der Waals surface area contributed by atoms with Crippen molar-refractivity contribution >= 4 is 57.0 Å². The predicted molar refractivity (Wildman–Crippen MR) is 119 cm³/mol. The molecule has 30 heavy (non-hydrogen) atoms. The number of nitrogens with zero attached hydrogens (tertiary/aromatic N) is 1. The van der Waals surface area contributed by atoms with E-state index in [-0.39, 0.29) is 5.75 Å². The molecule has 0 bridgehead atoms. The molecule has 0 radical (unpaired) electrons. The number of amides is 2. The first-order valence-corrected chi connectivity index (χ1v) is 10.4. The van der Waals surface area contributed by atoms with Gasteiger partial charge in [-0.05, 0) is 54.3 Å². The van der Waals surface area contributed by atoms with E-state index in [1.807, 2.05) is 13.0 Å². The van der Waals surface area contributed by atoms with Gasteiger partial charge in [0.2, 0.25) is 0 Å². The third kappa shape index (κ3) is 5.62. The molecule has 3 aromatic rings. The van der Waals surface area contributed by atoms with Crippen LogP contribution in [0.5, 0.6) is 5.75 Å². The SMILES string of the molecule is Cc1cc(Br)ccc1NC(=O)C(=O)N/N=C/c1ccccc1OC(=O)c1cccs1. The highest BCUT2D eigenvalue weighted by Gasteiger charge is 2.15. The molecule has 0 aliphatic rings. The average molecular weight is 486 g/mol. The van der Waals surface area contributed by atoms with Crippen LogP contribution in [0, 0.1) is 6.92 Å². The lowest BCUT2D eigenvalue weighted by atomic mass is 10.2. The molecule has 0 atom stereocenters. The Kier molecular flexibility index (Phi) is 7.10. The van der Waals surface area contributed by atoms with Crippen LogP contribution in [0.1, 0.15) is 20.8 Å². The largest absolute Gasteiger partial charge is 0.422 e. The van der Waals surface area contributed by atoms with Crippen molar-refractivity contribution in [2.75, 3.05) is 5.32 Å². The third-order valence-electron chi connectivity index (χ3n) is 3.86. The molecule has 0 aliphatic carbocycles. The van der Waals surface area contributed by atoms with Gasteiger partial charge in [0.25, 0.3) is 0 Å². The Balaban J connectivity index is 1.61. The summed E-state index contributed by atoms with van der Waals surface area (Å²) in [5.41, 5.74) is 3.95. The number of rotatable bonds is 5. The van der Waals surface area contributed by atoms with Crippen LogP contribution in [0.15, 0.2) is 69.6 Å². The average Bonchev–Trinajstić information content (AvgIpc) is 3.26. The van der Waals surface area contributed by atoms with Gasteiger partial charge in [0, 0.05) is 15.7 Å². The minimum atomic E-state index is -0.929. The zero-order valence-electron chi connectivity index (χ0n) is 15.7. The molecule has 0 aliphatic heterocycles. The number of thiophene rings is 1. The molecular weight excluding hydrogens is 470 g/mol. The van der Waals surface area contributed by atoms with E-state index in [0.717, 1.165) is 10.0 Å². The summed E-state index contributed by atoms with van der Waals surface area (Å²) in [6.45, 7) is 1.81. The Hall–Kier alpha value is -3.30. The molecule has 0 fully saturated rings.